The Morgan fingerprint density at radius 3 is 2.62 bits per heavy atom. The Bertz CT molecular complexity index is 485. The van der Waals surface area contributed by atoms with Crippen LogP contribution in [0, 0.1) is 0 Å². The molecule has 0 aromatic carbocycles. The van der Waals surface area contributed by atoms with Crippen molar-refractivity contribution in [2.75, 3.05) is 5.73 Å². The molecule has 0 unspecified atom stereocenters. The Balaban J connectivity index is 2.17. The van der Waals surface area contributed by atoms with Gasteiger partial charge in [-0.05, 0) is 13.8 Å². The number of nitrogen functional groups attached to an aromatic ring is 1. The molecule has 2 N–H and O–H groups in total. The fourth-order valence-electron chi connectivity index (χ4n) is 1.33. The third-order valence-electron chi connectivity index (χ3n) is 2.14. The van der Waals surface area contributed by atoms with Gasteiger partial charge < -0.3 is 10.5 Å². The normalized spacial score (nSPS) is 11.0. The first-order valence-electron chi connectivity index (χ1n) is 5.07. The van der Waals surface area contributed by atoms with Gasteiger partial charge in [0, 0.05) is 13.1 Å². The lowest BCUT2D eigenvalue weighted by molar-refractivity contribution is 0.452. The summed E-state index contributed by atoms with van der Waals surface area (Å²) in [4.78, 5) is 0. The van der Waals surface area contributed by atoms with E-state index in [0.717, 1.165) is 0 Å². The summed E-state index contributed by atoms with van der Waals surface area (Å²) >= 11 is 0. The molecule has 6 heteroatoms. The fourth-order valence-corrected chi connectivity index (χ4v) is 1.33. The highest BCUT2D eigenvalue weighted by atomic mass is 16.5. The second-order valence-electron chi connectivity index (χ2n) is 3.92. The number of hydrogen-bond acceptors (Lipinski definition) is 4. The van der Waals surface area contributed by atoms with Crippen molar-refractivity contribution in [1.29, 1.82) is 0 Å². The average molecular weight is 221 g/mol. The van der Waals surface area contributed by atoms with E-state index in [4.69, 9.17) is 10.5 Å². The van der Waals surface area contributed by atoms with Crippen LogP contribution in [-0.4, -0.2) is 19.6 Å². The summed E-state index contributed by atoms with van der Waals surface area (Å²) in [6.45, 7) is 4.10. The van der Waals surface area contributed by atoms with Crippen molar-refractivity contribution in [1.82, 2.24) is 19.6 Å². The van der Waals surface area contributed by atoms with Crippen LogP contribution in [-0.2, 0) is 7.05 Å². The van der Waals surface area contributed by atoms with Gasteiger partial charge in [0.2, 0.25) is 0 Å². The summed E-state index contributed by atoms with van der Waals surface area (Å²) in [5, 5.41) is 8.26. The molecule has 0 aliphatic heterocycles. The zero-order valence-electron chi connectivity index (χ0n) is 9.58. The minimum absolute atomic E-state index is 0.304. The first-order valence-corrected chi connectivity index (χ1v) is 5.07. The molecule has 2 heterocycles. The zero-order valence-corrected chi connectivity index (χ0v) is 9.58. The van der Waals surface area contributed by atoms with Crippen molar-refractivity contribution >= 4 is 5.69 Å². The molecule has 2 rings (SSSR count). The van der Waals surface area contributed by atoms with E-state index in [1.165, 1.54) is 0 Å². The van der Waals surface area contributed by atoms with E-state index < -0.39 is 0 Å². The lowest BCUT2D eigenvalue weighted by Crippen LogP contribution is -1.99. The molecule has 86 valence electrons. The number of nitrogens with zero attached hydrogens (tertiary/aromatic N) is 4. The SMILES string of the molecule is CC(C)n1cc(Oc2nn(C)cc2N)cn1. The van der Waals surface area contributed by atoms with Crippen LogP contribution in [0.25, 0.3) is 0 Å². The number of rotatable bonds is 3. The van der Waals surface area contributed by atoms with Gasteiger partial charge in [0.15, 0.2) is 5.75 Å². The van der Waals surface area contributed by atoms with Gasteiger partial charge in [-0.15, -0.1) is 5.10 Å². The van der Waals surface area contributed by atoms with Crippen molar-refractivity contribution in [3.63, 3.8) is 0 Å². The standard InChI is InChI=1S/C10H15N5O/c1-7(2)15-5-8(4-12-15)16-10-9(11)6-14(3)13-10/h4-7H,11H2,1-3H3. The highest BCUT2D eigenvalue weighted by Gasteiger charge is 2.09. The molecule has 0 amide bonds. The maximum atomic E-state index is 5.72. The average Bonchev–Trinajstić information content (AvgIpc) is 2.75. The number of aryl methyl sites for hydroxylation is 1. The lowest BCUT2D eigenvalue weighted by atomic mass is 10.4. The molecule has 0 spiro atoms. The number of aromatic nitrogens is 4. The molecule has 0 radical (unpaired) electrons. The quantitative estimate of drug-likeness (QED) is 0.854. The van der Waals surface area contributed by atoms with Crippen LogP contribution in [0.2, 0.25) is 0 Å². The highest BCUT2D eigenvalue weighted by molar-refractivity contribution is 5.47. The Hall–Kier alpha value is -1.98. The first kappa shape index (κ1) is 10.5. The zero-order chi connectivity index (χ0) is 11.7. The van der Waals surface area contributed by atoms with Gasteiger partial charge in [0.05, 0.1) is 18.6 Å². The lowest BCUT2D eigenvalue weighted by Gasteiger charge is -2.03. The number of hydrogen-bond donors (Lipinski definition) is 1. The minimum atomic E-state index is 0.304. The molecule has 0 bridgehead atoms. The molecule has 0 fully saturated rings. The number of anilines is 1. The third kappa shape index (κ3) is 2.00. The van der Waals surface area contributed by atoms with E-state index in [1.807, 2.05) is 24.7 Å². The Kier molecular flexibility index (Phi) is 2.55. The van der Waals surface area contributed by atoms with Crippen molar-refractivity contribution in [3.8, 4) is 11.6 Å². The predicted molar refractivity (Wildman–Crippen MR) is 60.3 cm³/mol. The van der Waals surface area contributed by atoms with Crippen molar-refractivity contribution in [3.05, 3.63) is 18.6 Å². The summed E-state index contributed by atoms with van der Waals surface area (Å²) in [7, 11) is 1.79. The van der Waals surface area contributed by atoms with E-state index in [0.29, 0.717) is 23.4 Å². The molecule has 16 heavy (non-hydrogen) atoms. The topological polar surface area (TPSA) is 70.9 Å². The molecule has 0 saturated carbocycles. The van der Waals surface area contributed by atoms with Gasteiger partial charge in [-0.25, -0.2) is 0 Å². The van der Waals surface area contributed by atoms with E-state index in [-0.39, 0.29) is 0 Å². The molecule has 2 aromatic heterocycles. The van der Waals surface area contributed by atoms with Crippen molar-refractivity contribution < 1.29 is 4.74 Å². The van der Waals surface area contributed by atoms with E-state index in [1.54, 1.807) is 24.1 Å². The smallest absolute Gasteiger partial charge is 0.261 e. The van der Waals surface area contributed by atoms with Crippen LogP contribution >= 0.6 is 0 Å². The van der Waals surface area contributed by atoms with Crippen LogP contribution in [0.3, 0.4) is 0 Å². The van der Waals surface area contributed by atoms with Crippen molar-refractivity contribution in [2.24, 2.45) is 7.05 Å². The van der Waals surface area contributed by atoms with Crippen LogP contribution in [0.15, 0.2) is 18.6 Å². The Morgan fingerprint density at radius 2 is 2.12 bits per heavy atom. The first-order chi connectivity index (χ1) is 7.56. The summed E-state index contributed by atoms with van der Waals surface area (Å²) in [6.07, 6.45) is 5.16. The van der Waals surface area contributed by atoms with Gasteiger partial charge in [0.1, 0.15) is 5.69 Å². The third-order valence-corrected chi connectivity index (χ3v) is 2.14. The molecule has 0 aliphatic rings. The maximum Gasteiger partial charge on any atom is 0.261 e. The number of ether oxygens (including phenoxy) is 1. The van der Waals surface area contributed by atoms with E-state index in [2.05, 4.69) is 10.2 Å². The largest absolute Gasteiger partial charge is 0.433 e. The van der Waals surface area contributed by atoms with Crippen LogP contribution in [0.4, 0.5) is 5.69 Å². The summed E-state index contributed by atoms with van der Waals surface area (Å²) in [6, 6.07) is 0.304. The van der Waals surface area contributed by atoms with Gasteiger partial charge in [-0.1, -0.05) is 0 Å². The molecular formula is C10H15N5O. The van der Waals surface area contributed by atoms with Crippen molar-refractivity contribution in [2.45, 2.75) is 19.9 Å². The highest BCUT2D eigenvalue weighted by Crippen LogP contribution is 2.25. The molecule has 0 aliphatic carbocycles. The predicted octanol–water partition coefficient (Wildman–Crippen LogP) is 1.57. The maximum absolute atomic E-state index is 5.72. The monoisotopic (exact) mass is 221 g/mol. The molecular weight excluding hydrogens is 206 g/mol. The van der Waals surface area contributed by atoms with Gasteiger partial charge in [-0.3, -0.25) is 9.36 Å². The van der Waals surface area contributed by atoms with E-state index in [9.17, 15) is 0 Å². The molecule has 0 saturated heterocycles. The minimum Gasteiger partial charge on any atom is -0.433 e. The van der Waals surface area contributed by atoms with Gasteiger partial charge >= 0.3 is 0 Å². The molecule has 6 nitrogen and oxygen atoms in total. The second kappa shape index (κ2) is 3.88. The summed E-state index contributed by atoms with van der Waals surface area (Å²) in [5.41, 5.74) is 6.23. The molecule has 2 aromatic rings. The summed E-state index contributed by atoms with van der Waals surface area (Å²) < 4.78 is 8.94. The number of nitrogens with two attached hydrogens (primary N) is 1. The van der Waals surface area contributed by atoms with E-state index >= 15 is 0 Å². The second-order valence-corrected chi connectivity index (χ2v) is 3.92. The van der Waals surface area contributed by atoms with Crippen LogP contribution in [0.1, 0.15) is 19.9 Å². The molecule has 0 atom stereocenters. The Morgan fingerprint density at radius 1 is 1.38 bits per heavy atom. The van der Waals surface area contributed by atoms with Crippen LogP contribution < -0.4 is 10.5 Å². The van der Waals surface area contributed by atoms with Gasteiger partial charge in [-0.2, -0.15) is 5.10 Å². The summed E-state index contributed by atoms with van der Waals surface area (Å²) in [5.74, 6) is 1.05. The Labute approximate surface area is 93.6 Å². The van der Waals surface area contributed by atoms with Crippen LogP contribution in [0.5, 0.6) is 11.6 Å². The fraction of sp³-hybridized carbons (Fsp3) is 0.400. The van der Waals surface area contributed by atoms with Gasteiger partial charge in [0.25, 0.3) is 5.88 Å².